The van der Waals surface area contributed by atoms with Gasteiger partial charge < -0.3 is 5.32 Å². The van der Waals surface area contributed by atoms with Crippen LogP contribution in [0, 0.1) is 0 Å². The van der Waals surface area contributed by atoms with Gasteiger partial charge in [0.15, 0.2) is 5.78 Å². The maximum absolute atomic E-state index is 11.4. The van der Waals surface area contributed by atoms with Crippen molar-refractivity contribution in [2.45, 2.75) is 65.2 Å². The minimum absolute atomic E-state index is 0.0662. The third-order valence-corrected chi connectivity index (χ3v) is 3.51. The Bertz CT molecular complexity index is 390. The van der Waals surface area contributed by atoms with Crippen molar-refractivity contribution in [3.8, 4) is 0 Å². The number of nitrogens with one attached hydrogen (secondary N) is 1. The highest BCUT2D eigenvalue weighted by molar-refractivity contribution is 5.98. The maximum atomic E-state index is 11.4. The molecule has 1 heterocycles. The molecule has 0 unspecified atom stereocenters. The number of anilines is 1. The van der Waals surface area contributed by atoms with E-state index in [4.69, 9.17) is 0 Å². The highest BCUT2D eigenvalue weighted by Crippen LogP contribution is 2.13. The lowest BCUT2D eigenvalue weighted by molar-refractivity contribution is 0.101. The van der Waals surface area contributed by atoms with Crippen LogP contribution in [-0.4, -0.2) is 17.3 Å². The van der Waals surface area contributed by atoms with E-state index in [1.165, 1.54) is 44.9 Å². The lowest BCUT2D eigenvalue weighted by atomic mass is 10.1. The molecule has 20 heavy (non-hydrogen) atoms. The Morgan fingerprint density at radius 2 is 1.75 bits per heavy atom. The predicted octanol–water partition coefficient (Wildman–Crippen LogP) is 4.84. The van der Waals surface area contributed by atoms with Crippen LogP contribution in [0.2, 0.25) is 0 Å². The molecule has 0 bridgehead atoms. The number of hydrogen-bond acceptors (Lipinski definition) is 3. The molecule has 0 aliphatic heterocycles. The average molecular weight is 276 g/mol. The molecular formula is C17H28N2O. The van der Waals surface area contributed by atoms with Crippen molar-refractivity contribution in [2.24, 2.45) is 0 Å². The van der Waals surface area contributed by atoms with E-state index in [0.29, 0.717) is 5.56 Å². The number of carbonyl (C=O) groups is 1. The SMILES string of the molecule is CCCCCCCCCCNc1ncccc1C(C)=O. The fraction of sp³-hybridized carbons (Fsp3) is 0.647. The van der Waals surface area contributed by atoms with Gasteiger partial charge in [0.2, 0.25) is 0 Å². The summed E-state index contributed by atoms with van der Waals surface area (Å²) >= 11 is 0. The molecule has 0 aliphatic rings. The largest absolute Gasteiger partial charge is 0.369 e. The summed E-state index contributed by atoms with van der Waals surface area (Å²) in [6.45, 7) is 4.73. The summed E-state index contributed by atoms with van der Waals surface area (Å²) in [5, 5.41) is 3.27. The van der Waals surface area contributed by atoms with Crippen molar-refractivity contribution < 1.29 is 4.79 Å². The lowest BCUT2D eigenvalue weighted by Crippen LogP contribution is -2.08. The van der Waals surface area contributed by atoms with Crippen LogP contribution in [0.4, 0.5) is 5.82 Å². The van der Waals surface area contributed by atoms with Gasteiger partial charge in [0, 0.05) is 12.7 Å². The molecule has 1 aromatic rings. The zero-order chi connectivity index (χ0) is 14.6. The lowest BCUT2D eigenvalue weighted by Gasteiger charge is -2.08. The van der Waals surface area contributed by atoms with Crippen molar-refractivity contribution in [2.75, 3.05) is 11.9 Å². The third kappa shape index (κ3) is 6.69. The molecule has 3 nitrogen and oxygen atoms in total. The molecule has 112 valence electrons. The monoisotopic (exact) mass is 276 g/mol. The molecule has 0 aliphatic carbocycles. The summed E-state index contributed by atoms with van der Waals surface area (Å²) in [6.07, 6.45) is 12.2. The second kappa shape index (κ2) is 10.4. The summed E-state index contributed by atoms with van der Waals surface area (Å²) in [4.78, 5) is 15.7. The van der Waals surface area contributed by atoms with Crippen molar-refractivity contribution in [1.82, 2.24) is 4.98 Å². The van der Waals surface area contributed by atoms with Gasteiger partial charge in [0.25, 0.3) is 0 Å². The molecule has 0 fully saturated rings. The Morgan fingerprint density at radius 1 is 1.10 bits per heavy atom. The van der Waals surface area contributed by atoms with Crippen LogP contribution in [0.5, 0.6) is 0 Å². The number of nitrogens with zero attached hydrogens (tertiary/aromatic N) is 1. The van der Waals surface area contributed by atoms with Crippen molar-refractivity contribution in [1.29, 1.82) is 0 Å². The van der Waals surface area contributed by atoms with Gasteiger partial charge in [-0.05, 0) is 25.5 Å². The van der Waals surface area contributed by atoms with Crippen molar-refractivity contribution in [3.63, 3.8) is 0 Å². The molecule has 0 radical (unpaired) electrons. The minimum atomic E-state index is 0.0662. The van der Waals surface area contributed by atoms with E-state index >= 15 is 0 Å². The number of pyridine rings is 1. The van der Waals surface area contributed by atoms with Crippen molar-refractivity contribution >= 4 is 11.6 Å². The summed E-state index contributed by atoms with van der Waals surface area (Å²) in [5.74, 6) is 0.791. The van der Waals surface area contributed by atoms with Crippen LogP contribution < -0.4 is 5.32 Å². The van der Waals surface area contributed by atoms with E-state index in [0.717, 1.165) is 18.8 Å². The zero-order valence-electron chi connectivity index (χ0n) is 13.0. The number of ketones is 1. The predicted molar refractivity (Wildman–Crippen MR) is 85.3 cm³/mol. The van der Waals surface area contributed by atoms with Gasteiger partial charge in [-0.15, -0.1) is 0 Å². The molecule has 0 aromatic carbocycles. The van der Waals surface area contributed by atoms with E-state index in [1.807, 2.05) is 6.07 Å². The fourth-order valence-corrected chi connectivity index (χ4v) is 2.30. The summed E-state index contributed by atoms with van der Waals surface area (Å²) in [6, 6.07) is 3.63. The van der Waals surface area contributed by atoms with Crippen LogP contribution in [0.15, 0.2) is 18.3 Å². The molecule has 3 heteroatoms. The Hall–Kier alpha value is -1.38. The Kier molecular flexibility index (Phi) is 8.68. The average Bonchev–Trinajstić information content (AvgIpc) is 2.46. The van der Waals surface area contributed by atoms with E-state index < -0.39 is 0 Å². The Labute approximate surface area is 123 Å². The standard InChI is InChI=1S/C17H28N2O/c1-3-4-5-6-7-8-9-10-13-18-17-16(15(2)20)12-11-14-19-17/h11-12,14H,3-10,13H2,1-2H3,(H,18,19). The Morgan fingerprint density at radius 3 is 2.40 bits per heavy atom. The smallest absolute Gasteiger partial charge is 0.163 e. The second-order valence-electron chi connectivity index (χ2n) is 5.36. The number of carbonyl (C=O) groups excluding carboxylic acids is 1. The first-order valence-corrected chi connectivity index (χ1v) is 7.95. The van der Waals surface area contributed by atoms with Crippen LogP contribution in [0.3, 0.4) is 0 Å². The highest BCUT2D eigenvalue weighted by atomic mass is 16.1. The first kappa shape index (κ1) is 16.7. The number of hydrogen-bond donors (Lipinski definition) is 1. The van der Waals surface area contributed by atoms with Crippen molar-refractivity contribution in [3.05, 3.63) is 23.9 Å². The van der Waals surface area contributed by atoms with Gasteiger partial charge in [-0.1, -0.05) is 51.9 Å². The van der Waals surface area contributed by atoms with Crippen LogP contribution in [-0.2, 0) is 0 Å². The quantitative estimate of drug-likeness (QED) is 0.464. The minimum Gasteiger partial charge on any atom is -0.369 e. The van der Waals surface area contributed by atoms with E-state index in [-0.39, 0.29) is 5.78 Å². The first-order valence-electron chi connectivity index (χ1n) is 7.95. The van der Waals surface area contributed by atoms with Gasteiger partial charge in [0.05, 0.1) is 5.56 Å². The summed E-state index contributed by atoms with van der Waals surface area (Å²) in [5.41, 5.74) is 0.687. The maximum Gasteiger partial charge on any atom is 0.163 e. The number of unbranched alkanes of at least 4 members (excludes halogenated alkanes) is 7. The highest BCUT2D eigenvalue weighted by Gasteiger charge is 2.06. The molecule has 1 N–H and O–H groups in total. The van der Waals surface area contributed by atoms with Gasteiger partial charge in [-0.3, -0.25) is 4.79 Å². The molecule has 0 saturated carbocycles. The summed E-state index contributed by atoms with van der Waals surface area (Å²) in [7, 11) is 0. The molecule has 0 atom stereocenters. The molecule has 0 amide bonds. The molecule has 0 saturated heterocycles. The van der Waals surface area contributed by atoms with E-state index in [1.54, 1.807) is 19.2 Å². The molecule has 1 rings (SSSR count). The topological polar surface area (TPSA) is 42.0 Å². The van der Waals surface area contributed by atoms with Crippen LogP contribution in [0.1, 0.15) is 75.6 Å². The number of Topliss-reactive ketones (excluding diaryl/α,β-unsaturated/α-hetero) is 1. The fourth-order valence-electron chi connectivity index (χ4n) is 2.30. The van der Waals surface area contributed by atoms with Gasteiger partial charge in [-0.25, -0.2) is 4.98 Å². The van der Waals surface area contributed by atoms with Gasteiger partial charge in [0.1, 0.15) is 5.82 Å². The van der Waals surface area contributed by atoms with E-state index in [2.05, 4.69) is 17.2 Å². The third-order valence-electron chi connectivity index (χ3n) is 3.51. The first-order chi connectivity index (χ1) is 9.75. The molecule has 1 aromatic heterocycles. The number of aromatic nitrogens is 1. The van der Waals surface area contributed by atoms with Gasteiger partial charge >= 0.3 is 0 Å². The molecule has 0 spiro atoms. The normalized spacial score (nSPS) is 10.5. The summed E-state index contributed by atoms with van der Waals surface area (Å²) < 4.78 is 0. The van der Waals surface area contributed by atoms with Crippen LogP contribution >= 0.6 is 0 Å². The Balaban J connectivity index is 2.11. The van der Waals surface area contributed by atoms with E-state index in [9.17, 15) is 4.79 Å². The van der Waals surface area contributed by atoms with Crippen LogP contribution in [0.25, 0.3) is 0 Å². The second-order valence-corrected chi connectivity index (χ2v) is 5.36. The molecular weight excluding hydrogens is 248 g/mol. The zero-order valence-corrected chi connectivity index (χ0v) is 13.0. The number of rotatable bonds is 11. The van der Waals surface area contributed by atoms with Gasteiger partial charge in [-0.2, -0.15) is 0 Å².